The van der Waals surface area contributed by atoms with Crippen LogP contribution in [0.1, 0.15) is 232 Å². The summed E-state index contributed by atoms with van der Waals surface area (Å²) < 4.78 is 22.2. The predicted octanol–water partition coefficient (Wildman–Crippen LogP) is 12.2. The van der Waals surface area contributed by atoms with E-state index >= 15 is 0 Å². The van der Waals surface area contributed by atoms with Crippen molar-refractivity contribution >= 4 is 11.9 Å². The van der Waals surface area contributed by atoms with Gasteiger partial charge in [0.25, 0.3) is 0 Å². The molecule has 1 rings (SSSR count). The highest BCUT2D eigenvalue weighted by atomic mass is 16.7. The number of carbonyl (C=O) groups excluding carboxylic acids is 2. The summed E-state index contributed by atoms with van der Waals surface area (Å²) in [4.78, 5) is 25.4. The Balaban J connectivity index is 2.26. The molecule has 0 bridgehead atoms. The van der Waals surface area contributed by atoms with Crippen molar-refractivity contribution in [2.75, 3.05) is 19.8 Å². The Morgan fingerprint density at radius 1 is 0.492 bits per heavy atom. The van der Waals surface area contributed by atoms with Crippen LogP contribution < -0.4 is 0 Å². The molecule has 0 radical (unpaired) electrons. The molecule has 1 aliphatic rings. The first kappa shape index (κ1) is 58.9. The summed E-state index contributed by atoms with van der Waals surface area (Å²) in [7, 11) is 0. The van der Waals surface area contributed by atoms with E-state index in [2.05, 4.69) is 50.3 Å². The van der Waals surface area contributed by atoms with Gasteiger partial charge in [0.05, 0.1) is 13.2 Å². The summed E-state index contributed by atoms with van der Waals surface area (Å²) in [5, 5.41) is 40.2. The Morgan fingerprint density at radius 3 is 1.38 bits per heavy atom. The maximum Gasteiger partial charge on any atom is 0.306 e. The van der Waals surface area contributed by atoms with E-state index in [-0.39, 0.29) is 26.1 Å². The molecule has 63 heavy (non-hydrogen) atoms. The number of ether oxygens (including phenoxy) is 4. The SMILES string of the molecule is CCCCCCCC/C=C/C/C=C/CCCCC(=O)O[C@@H](COC(=O)CCC/C=C/CCCCCCCCCCCCCCCCCCCC)CO[C@H]1O[C@@H](CO)[C@@H](O)C(O)C1O. The quantitative estimate of drug-likeness (QED) is 0.0264. The maximum absolute atomic E-state index is 12.8. The molecular formula is C53H96O10. The molecule has 0 spiro atoms. The van der Waals surface area contributed by atoms with Crippen molar-refractivity contribution in [3.05, 3.63) is 36.5 Å². The second-order valence-electron chi connectivity index (χ2n) is 18.0. The van der Waals surface area contributed by atoms with Gasteiger partial charge in [0.15, 0.2) is 12.4 Å². The van der Waals surface area contributed by atoms with Crippen molar-refractivity contribution in [1.29, 1.82) is 0 Å². The van der Waals surface area contributed by atoms with Crippen LogP contribution in [0.3, 0.4) is 0 Å². The molecule has 4 N–H and O–H groups in total. The highest BCUT2D eigenvalue weighted by Gasteiger charge is 2.44. The lowest BCUT2D eigenvalue weighted by atomic mass is 9.99. The molecule has 1 aliphatic heterocycles. The zero-order valence-electron chi connectivity index (χ0n) is 40.3. The Morgan fingerprint density at radius 2 is 0.905 bits per heavy atom. The largest absolute Gasteiger partial charge is 0.462 e. The van der Waals surface area contributed by atoms with E-state index in [9.17, 15) is 30.0 Å². The van der Waals surface area contributed by atoms with Crippen LogP contribution in [-0.4, -0.2) is 89.0 Å². The average Bonchev–Trinajstić information content (AvgIpc) is 3.28. The van der Waals surface area contributed by atoms with Gasteiger partial charge >= 0.3 is 11.9 Å². The van der Waals surface area contributed by atoms with Crippen LogP contribution in [0.5, 0.6) is 0 Å². The monoisotopic (exact) mass is 893 g/mol. The molecule has 2 unspecified atom stereocenters. The zero-order valence-corrected chi connectivity index (χ0v) is 40.3. The van der Waals surface area contributed by atoms with Crippen molar-refractivity contribution in [3.8, 4) is 0 Å². The van der Waals surface area contributed by atoms with E-state index in [4.69, 9.17) is 18.9 Å². The molecule has 1 heterocycles. The van der Waals surface area contributed by atoms with Crippen molar-refractivity contribution in [2.45, 2.75) is 269 Å². The van der Waals surface area contributed by atoms with Crippen LogP contribution in [-0.2, 0) is 28.5 Å². The molecule has 10 heteroatoms. The van der Waals surface area contributed by atoms with Gasteiger partial charge in [-0.3, -0.25) is 9.59 Å². The standard InChI is InChI=1S/C53H96O10/c1-3-5-7-9-11-13-15-17-19-20-21-22-23-24-25-26-28-29-31-33-35-37-39-41-48(55)60-44-46(45-61-53-52(59)51(58)50(57)47(43-54)63-53)62-49(56)42-40-38-36-34-32-30-27-18-16-14-12-10-8-6-4-2/h18,27,32-35,46-47,50-54,57-59H,3-17,19-26,28-31,36-45H2,1-2H3/b27-18+,34-32+,35-33+/t46-,47-,50+,51?,52?,53-/m0/s1. The molecule has 6 atom stereocenters. The molecule has 0 aromatic rings. The average molecular weight is 893 g/mol. The third-order valence-electron chi connectivity index (χ3n) is 12.0. The number of hydrogen-bond donors (Lipinski definition) is 4. The second-order valence-corrected chi connectivity index (χ2v) is 18.0. The molecule has 368 valence electrons. The molecule has 1 saturated heterocycles. The van der Waals surface area contributed by atoms with Crippen molar-refractivity contribution in [1.82, 2.24) is 0 Å². The lowest BCUT2D eigenvalue weighted by molar-refractivity contribution is -0.305. The van der Waals surface area contributed by atoms with E-state index < -0.39 is 55.4 Å². The van der Waals surface area contributed by atoms with Gasteiger partial charge in [0.2, 0.25) is 0 Å². The van der Waals surface area contributed by atoms with Gasteiger partial charge in [-0.15, -0.1) is 0 Å². The Labute approximate surface area is 385 Å². The number of esters is 2. The summed E-state index contributed by atoms with van der Waals surface area (Å²) in [6.45, 7) is 3.39. The second kappa shape index (κ2) is 43.8. The maximum atomic E-state index is 12.8. The van der Waals surface area contributed by atoms with Crippen molar-refractivity contribution in [3.63, 3.8) is 0 Å². The van der Waals surface area contributed by atoms with E-state index in [1.807, 2.05) is 0 Å². The molecule has 0 aromatic carbocycles. The normalized spacial score (nSPS) is 19.7. The first-order valence-electron chi connectivity index (χ1n) is 26.1. The summed E-state index contributed by atoms with van der Waals surface area (Å²) in [6, 6.07) is 0. The van der Waals surface area contributed by atoms with Crippen molar-refractivity contribution < 1.29 is 49.0 Å². The summed E-state index contributed by atoms with van der Waals surface area (Å²) in [6.07, 6.45) is 44.6. The number of unbranched alkanes of at least 4 members (excludes halogenated alkanes) is 27. The minimum atomic E-state index is -1.60. The number of allylic oxidation sites excluding steroid dienone is 6. The van der Waals surface area contributed by atoms with E-state index in [0.29, 0.717) is 12.8 Å². The van der Waals surface area contributed by atoms with Crippen LogP contribution in [0.15, 0.2) is 36.5 Å². The minimum Gasteiger partial charge on any atom is -0.462 e. The first-order chi connectivity index (χ1) is 30.8. The van der Waals surface area contributed by atoms with Crippen LogP contribution in [0.4, 0.5) is 0 Å². The highest BCUT2D eigenvalue weighted by molar-refractivity contribution is 5.70. The summed E-state index contributed by atoms with van der Waals surface area (Å²) >= 11 is 0. The van der Waals surface area contributed by atoms with Gasteiger partial charge in [-0.1, -0.05) is 192 Å². The van der Waals surface area contributed by atoms with Gasteiger partial charge in [-0.05, 0) is 64.2 Å². The molecule has 0 aliphatic carbocycles. The smallest absolute Gasteiger partial charge is 0.306 e. The Hall–Kier alpha value is -2.08. The Bertz CT molecular complexity index is 1120. The van der Waals surface area contributed by atoms with Gasteiger partial charge in [-0.2, -0.15) is 0 Å². The minimum absolute atomic E-state index is 0.183. The lowest BCUT2D eigenvalue weighted by Gasteiger charge is -2.39. The first-order valence-corrected chi connectivity index (χ1v) is 26.1. The van der Waals surface area contributed by atoms with Crippen LogP contribution in [0.25, 0.3) is 0 Å². The van der Waals surface area contributed by atoms with Crippen LogP contribution >= 0.6 is 0 Å². The topological polar surface area (TPSA) is 152 Å². The number of aliphatic hydroxyl groups is 4. The number of aliphatic hydroxyl groups excluding tert-OH is 4. The van der Waals surface area contributed by atoms with Crippen LogP contribution in [0.2, 0.25) is 0 Å². The molecule has 0 aromatic heterocycles. The third kappa shape index (κ3) is 34.9. The molecular weight excluding hydrogens is 797 g/mol. The van der Waals surface area contributed by atoms with E-state index in [1.165, 1.54) is 154 Å². The third-order valence-corrected chi connectivity index (χ3v) is 12.0. The number of rotatable bonds is 44. The van der Waals surface area contributed by atoms with E-state index in [1.54, 1.807) is 0 Å². The van der Waals surface area contributed by atoms with Crippen LogP contribution in [0, 0.1) is 0 Å². The fourth-order valence-corrected chi connectivity index (χ4v) is 7.87. The summed E-state index contributed by atoms with van der Waals surface area (Å²) in [5.74, 6) is -0.875. The van der Waals surface area contributed by atoms with E-state index in [0.717, 1.165) is 38.5 Å². The number of hydrogen-bond acceptors (Lipinski definition) is 10. The molecule has 0 saturated carbocycles. The Kier molecular flexibility index (Phi) is 41.0. The molecule has 1 fully saturated rings. The number of carbonyl (C=O) groups is 2. The van der Waals surface area contributed by atoms with Gasteiger partial charge in [0, 0.05) is 12.8 Å². The summed E-state index contributed by atoms with van der Waals surface area (Å²) in [5.41, 5.74) is 0. The van der Waals surface area contributed by atoms with Crippen molar-refractivity contribution in [2.24, 2.45) is 0 Å². The molecule has 10 nitrogen and oxygen atoms in total. The fraction of sp³-hybridized carbons (Fsp3) is 0.849. The van der Waals surface area contributed by atoms with Gasteiger partial charge in [-0.25, -0.2) is 0 Å². The van der Waals surface area contributed by atoms with Gasteiger partial charge in [0.1, 0.15) is 31.0 Å². The lowest BCUT2D eigenvalue weighted by Crippen LogP contribution is -2.59. The van der Waals surface area contributed by atoms with Gasteiger partial charge < -0.3 is 39.4 Å². The highest BCUT2D eigenvalue weighted by Crippen LogP contribution is 2.23. The zero-order chi connectivity index (χ0) is 45.9. The fourth-order valence-electron chi connectivity index (χ4n) is 7.87. The molecule has 0 amide bonds. The predicted molar refractivity (Wildman–Crippen MR) is 256 cm³/mol.